The number of carboxylic acids is 1. The maximum absolute atomic E-state index is 10.8. The van der Waals surface area contributed by atoms with Gasteiger partial charge in [0.2, 0.25) is 0 Å². The van der Waals surface area contributed by atoms with Crippen molar-refractivity contribution in [3.05, 3.63) is 64.2 Å². The number of nitrogens with zero attached hydrogens (tertiary/aromatic N) is 1. The number of ether oxygens (including phenoxy) is 2. The maximum Gasteiger partial charge on any atom is 0.335 e. The van der Waals surface area contributed by atoms with Gasteiger partial charge in [0.05, 0.1) is 10.5 Å². The van der Waals surface area contributed by atoms with Crippen molar-refractivity contribution in [1.82, 2.24) is 0 Å². The number of aromatic carboxylic acids is 1. The fourth-order valence-electron chi connectivity index (χ4n) is 1.73. The molecular weight excluding hydrogens is 290 g/mol. The molecule has 0 amide bonds. The van der Waals surface area contributed by atoms with Gasteiger partial charge in [-0.3, -0.25) is 10.1 Å². The highest BCUT2D eigenvalue weighted by Crippen LogP contribution is 2.25. The van der Waals surface area contributed by atoms with Crippen LogP contribution >= 0.6 is 0 Å². The van der Waals surface area contributed by atoms with Gasteiger partial charge in [0.1, 0.15) is 19.0 Å². The van der Waals surface area contributed by atoms with Gasteiger partial charge in [-0.05, 0) is 30.3 Å². The normalized spacial score (nSPS) is 10.0. The van der Waals surface area contributed by atoms with Crippen molar-refractivity contribution in [3.8, 4) is 11.5 Å². The summed E-state index contributed by atoms with van der Waals surface area (Å²) < 4.78 is 10.7. The second-order valence-electron chi connectivity index (χ2n) is 4.25. The van der Waals surface area contributed by atoms with E-state index in [2.05, 4.69) is 0 Å². The molecule has 0 saturated carbocycles. The summed E-state index contributed by atoms with van der Waals surface area (Å²) in [7, 11) is 0. The van der Waals surface area contributed by atoms with Crippen LogP contribution in [0.3, 0.4) is 0 Å². The third kappa shape index (κ3) is 3.95. The Balaban J connectivity index is 1.85. The van der Waals surface area contributed by atoms with Crippen LogP contribution in [0.1, 0.15) is 10.4 Å². The highest BCUT2D eigenvalue weighted by molar-refractivity contribution is 5.87. The largest absolute Gasteiger partial charge is 0.490 e. The molecule has 0 aliphatic heterocycles. The first-order chi connectivity index (χ1) is 10.6. The minimum Gasteiger partial charge on any atom is -0.490 e. The van der Waals surface area contributed by atoms with E-state index in [1.54, 1.807) is 12.1 Å². The summed E-state index contributed by atoms with van der Waals surface area (Å²) in [5, 5.41) is 19.6. The van der Waals surface area contributed by atoms with Crippen LogP contribution in [-0.2, 0) is 0 Å². The van der Waals surface area contributed by atoms with E-state index in [1.165, 1.54) is 36.4 Å². The SMILES string of the molecule is O=C(O)c1ccc(OCCOc2ccccc2[N+](=O)[O-])cc1. The zero-order chi connectivity index (χ0) is 15.9. The van der Waals surface area contributed by atoms with Gasteiger partial charge < -0.3 is 14.6 Å². The van der Waals surface area contributed by atoms with E-state index in [0.717, 1.165) is 0 Å². The van der Waals surface area contributed by atoms with Crippen LogP contribution in [0.4, 0.5) is 5.69 Å². The topological polar surface area (TPSA) is 98.9 Å². The third-order valence-electron chi connectivity index (χ3n) is 2.77. The summed E-state index contributed by atoms with van der Waals surface area (Å²) in [6, 6.07) is 12.0. The van der Waals surface area contributed by atoms with Crippen molar-refractivity contribution in [2.75, 3.05) is 13.2 Å². The number of nitro benzene ring substituents is 1. The number of benzene rings is 2. The predicted molar refractivity (Wildman–Crippen MR) is 77.5 cm³/mol. The second-order valence-corrected chi connectivity index (χ2v) is 4.25. The number of carbonyl (C=O) groups is 1. The molecule has 0 saturated heterocycles. The second kappa shape index (κ2) is 7.07. The van der Waals surface area contributed by atoms with E-state index in [9.17, 15) is 14.9 Å². The Kier molecular flexibility index (Phi) is 4.92. The van der Waals surface area contributed by atoms with E-state index in [1.807, 2.05) is 0 Å². The fraction of sp³-hybridized carbons (Fsp3) is 0.133. The lowest BCUT2D eigenvalue weighted by Gasteiger charge is -2.08. The van der Waals surface area contributed by atoms with Gasteiger partial charge in [0.25, 0.3) is 0 Å². The van der Waals surface area contributed by atoms with Crippen LogP contribution in [0.2, 0.25) is 0 Å². The molecule has 0 aliphatic rings. The van der Waals surface area contributed by atoms with E-state index < -0.39 is 10.9 Å². The molecule has 2 rings (SSSR count). The van der Waals surface area contributed by atoms with E-state index in [0.29, 0.717) is 5.75 Å². The summed E-state index contributed by atoms with van der Waals surface area (Å²) in [6.45, 7) is 0.310. The number of nitro groups is 1. The molecule has 7 heteroatoms. The highest BCUT2D eigenvalue weighted by Gasteiger charge is 2.13. The lowest BCUT2D eigenvalue weighted by atomic mass is 10.2. The van der Waals surface area contributed by atoms with Crippen molar-refractivity contribution in [1.29, 1.82) is 0 Å². The quantitative estimate of drug-likeness (QED) is 0.479. The number of hydrogen-bond acceptors (Lipinski definition) is 5. The van der Waals surface area contributed by atoms with Gasteiger partial charge in [-0.1, -0.05) is 12.1 Å². The summed E-state index contributed by atoms with van der Waals surface area (Å²) in [5.74, 6) is -0.334. The zero-order valence-corrected chi connectivity index (χ0v) is 11.5. The summed E-state index contributed by atoms with van der Waals surface area (Å²) in [5.41, 5.74) is 0.0665. The Morgan fingerprint density at radius 2 is 1.68 bits per heavy atom. The van der Waals surface area contributed by atoms with Crippen molar-refractivity contribution in [2.24, 2.45) is 0 Å². The first-order valence-corrected chi connectivity index (χ1v) is 6.40. The summed E-state index contributed by atoms with van der Waals surface area (Å²) >= 11 is 0. The lowest BCUT2D eigenvalue weighted by molar-refractivity contribution is -0.385. The van der Waals surface area contributed by atoms with Crippen molar-refractivity contribution >= 4 is 11.7 Å². The Hall–Kier alpha value is -3.09. The zero-order valence-electron chi connectivity index (χ0n) is 11.5. The first kappa shape index (κ1) is 15.3. The number of hydrogen-bond donors (Lipinski definition) is 1. The van der Waals surface area contributed by atoms with E-state index >= 15 is 0 Å². The molecule has 0 aromatic heterocycles. The smallest absolute Gasteiger partial charge is 0.335 e. The first-order valence-electron chi connectivity index (χ1n) is 6.40. The Labute approximate surface area is 125 Å². The molecule has 2 aromatic carbocycles. The van der Waals surface area contributed by atoms with Crippen LogP contribution < -0.4 is 9.47 Å². The number of rotatable bonds is 7. The van der Waals surface area contributed by atoms with Crippen LogP contribution in [0, 0.1) is 10.1 Å². The Bertz CT molecular complexity index is 668. The van der Waals surface area contributed by atoms with Crippen molar-refractivity contribution in [2.45, 2.75) is 0 Å². The molecule has 0 heterocycles. The maximum atomic E-state index is 10.8. The molecule has 0 aliphatic carbocycles. The fourth-order valence-corrected chi connectivity index (χ4v) is 1.73. The number of carboxylic acid groups (broad SMARTS) is 1. The third-order valence-corrected chi connectivity index (χ3v) is 2.77. The molecular formula is C15H13NO6. The molecule has 7 nitrogen and oxygen atoms in total. The molecule has 1 N–H and O–H groups in total. The monoisotopic (exact) mass is 303 g/mol. The molecule has 0 unspecified atom stereocenters. The van der Waals surface area contributed by atoms with Gasteiger partial charge in [-0.25, -0.2) is 4.79 Å². The molecule has 22 heavy (non-hydrogen) atoms. The van der Waals surface area contributed by atoms with Crippen LogP contribution in [0.15, 0.2) is 48.5 Å². The predicted octanol–water partition coefficient (Wildman–Crippen LogP) is 2.75. The van der Waals surface area contributed by atoms with E-state index in [-0.39, 0.29) is 30.2 Å². The molecule has 0 radical (unpaired) electrons. The Morgan fingerprint density at radius 3 is 2.32 bits per heavy atom. The molecule has 0 fully saturated rings. The van der Waals surface area contributed by atoms with Crippen molar-refractivity contribution < 1.29 is 24.3 Å². The molecule has 0 bridgehead atoms. The van der Waals surface area contributed by atoms with E-state index in [4.69, 9.17) is 14.6 Å². The van der Waals surface area contributed by atoms with Crippen LogP contribution in [0.5, 0.6) is 11.5 Å². The average Bonchev–Trinajstić information content (AvgIpc) is 2.52. The van der Waals surface area contributed by atoms with Gasteiger partial charge >= 0.3 is 11.7 Å². The van der Waals surface area contributed by atoms with Crippen LogP contribution in [-0.4, -0.2) is 29.2 Å². The number of para-hydroxylation sites is 2. The Morgan fingerprint density at radius 1 is 1.05 bits per heavy atom. The minimum absolute atomic E-state index is 0.103. The average molecular weight is 303 g/mol. The lowest BCUT2D eigenvalue weighted by Crippen LogP contribution is -2.10. The van der Waals surface area contributed by atoms with Crippen LogP contribution in [0.25, 0.3) is 0 Å². The van der Waals surface area contributed by atoms with Crippen molar-refractivity contribution in [3.63, 3.8) is 0 Å². The molecule has 114 valence electrons. The summed E-state index contributed by atoms with van der Waals surface area (Å²) in [4.78, 5) is 21.0. The molecule has 2 aromatic rings. The van der Waals surface area contributed by atoms with Gasteiger partial charge in [-0.2, -0.15) is 0 Å². The molecule has 0 atom stereocenters. The minimum atomic E-state index is -1.01. The molecule has 0 spiro atoms. The van der Waals surface area contributed by atoms with Gasteiger partial charge in [-0.15, -0.1) is 0 Å². The standard InChI is InChI=1S/C15H13NO6/c17-15(18)11-5-7-12(8-6-11)21-9-10-22-14-4-2-1-3-13(14)16(19)20/h1-8H,9-10H2,(H,17,18). The highest BCUT2D eigenvalue weighted by atomic mass is 16.6. The summed E-state index contributed by atoms with van der Waals surface area (Å²) in [6.07, 6.45) is 0. The van der Waals surface area contributed by atoms with Gasteiger partial charge in [0, 0.05) is 6.07 Å². The van der Waals surface area contributed by atoms with Gasteiger partial charge in [0.15, 0.2) is 5.75 Å².